The van der Waals surface area contributed by atoms with E-state index in [1.807, 2.05) is 36.4 Å². The molecule has 0 amide bonds. The van der Waals surface area contributed by atoms with Gasteiger partial charge in [-0.3, -0.25) is 4.98 Å². The first-order valence-corrected chi connectivity index (χ1v) is 7.55. The Morgan fingerprint density at radius 1 is 1.19 bits per heavy atom. The quantitative estimate of drug-likeness (QED) is 0.837. The molecule has 21 heavy (non-hydrogen) atoms. The number of pyridine rings is 1. The normalized spacial score (nSPS) is 10.9. The molecule has 2 aromatic rings. The van der Waals surface area contributed by atoms with Crippen molar-refractivity contribution in [1.82, 2.24) is 10.3 Å². The maximum Gasteiger partial charge on any atom is 0.138 e. The molecule has 1 N–H and O–H groups in total. The highest BCUT2D eigenvalue weighted by atomic mass is 35.5. The average Bonchev–Trinajstić information content (AvgIpc) is 2.47. The first kappa shape index (κ1) is 15.8. The van der Waals surface area contributed by atoms with E-state index in [0.29, 0.717) is 12.5 Å². The summed E-state index contributed by atoms with van der Waals surface area (Å²) in [6.45, 7) is 6.60. The molecule has 0 unspecified atom stereocenters. The number of halogens is 1. The number of hydrogen-bond acceptors (Lipinski definition) is 3. The minimum absolute atomic E-state index is 0.451. The fourth-order valence-electron chi connectivity index (χ4n) is 1.87. The van der Waals surface area contributed by atoms with Crippen molar-refractivity contribution in [2.45, 2.75) is 27.0 Å². The molecular formula is C17H21ClN2O. The van der Waals surface area contributed by atoms with Gasteiger partial charge in [0.05, 0.1) is 11.9 Å². The molecule has 0 radical (unpaired) electrons. The summed E-state index contributed by atoms with van der Waals surface area (Å²) < 4.78 is 5.70. The lowest BCUT2D eigenvalue weighted by atomic mass is 10.2. The predicted octanol–water partition coefficient (Wildman–Crippen LogP) is 4.06. The summed E-state index contributed by atoms with van der Waals surface area (Å²) in [6, 6.07) is 11.6. The zero-order valence-electron chi connectivity index (χ0n) is 12.5. The van der Waals surface area contributed by atoms with Crippen molar-refractivity contribution < 1.29 is 4.74 Å². The molecule has 1 heterocycles. The van der Waals surface area contributed by atoms with Crippen LogP contribution < -0.4 is 10.1 Å². The Kier molecular flexibility index (Phi) is 6.03. The summed E-state index contributed by atoms with van der Waals surface area (Å²) in [5, 5.41) is 4.09. The lowest BCUT2D eigenvalue weighted by Crippen LogP contribution is -2.19. The van der Waals surface area contributed by atoms with E-state index >= 15 is 0 Å². The Balaban J connectivity index is 1.84. The van der Waals surface area contributed by atoms with Gasteiger partial charge in [0.15, 0.2) is 0 Å². The molecule has 112 valence electrons. The molecule has 0 saturated carbocycles. The summed E-state index contributed by atoms with van der Waals surface area (Å²) in [6.07, 6.45) is 1.75. The topological polar surface area (TPSA) is 34.1 Å². The van der Waals surface area contributed by atoms with Crippen LogP contribution in [0.2, 0.25) is 5.02 Å². The molecule has 0 saturated heterocycles. The van der Waals surface area contributed by atoms with Gasteiger partial charge in [-0.15, -0.1) is 0 Å². The second-order valence-corrected chi connectivity index (χ2v) is 5.80. The van der Waals surface area contributed by atoms with Crippen LogP contribution in [0, 0.1) is 5.92 Å². The SMILES string of the molecule is CC(C)CNCc1ccc(OCc2ccccc2Cl)cn1. The number of rotatable bonds is 7. The Bertz CT molecular complexity index is 555. The van der Waals surface area contributed by atoms with Crippen LogP contribution in [0.4, 0.5) is 0 Å². The molecule has 1 aromatic heterocycles. The largest absolute Gasteiger partial charge is 0.487 e. The van der Waals surface area contributed by atoms with E-state index in [1.54, 1.807) is 6.20 Å². The summed E-state index contributed by atoms with van der Waals surface area (Å²) in [4.78, 5) is 4.39. The molecule has 0 bridgehead atoms. The fraction of sp³-hybridized carbons (Fsp3) is 0.353. The monoisotopic (exact) mass is 304 g/mol. The van der Waals surface area contributed by atoms with Gasteiger partial charge in [0.2, 0.25) is 0 Å². The van der Waals surface area contributed by atoms with Gasteiger partial charge in [-0.25, -0.2) is 0 Å². The van der Waals surface area contributed by atoms with Crippen molar-refractivity contribution >= 4 is 11.6 Å². The minimum atomic E-state index is 0.451. The van der Waals surface area contributed by atoms with Gasteiger partial charge < -0.3 is 10.1 Å². The van der Waals surface area contributed by atoms with Crippen molar-refractivity contribution in [3.63, 3.8) is 0 Å². The third kappa shape index (κ3) is 5.37. The van der Waals surface area contributed by atoms with E-state index < -0.39 is 0 Å². The minimum Gasteiger partial charge on any atom is -0.487 e. The van der Waals surface area contributed by atoms with E-state index in [2.05, 4.69) is 24.1 Å². The number of ether oxygens (including phenoxy) is 1. The van der Waals surface area contributed by atoms with Crippen LogP contribution in [0.1, 0.15) is 25.1 Å². The molecule has 2 rings (SSSR count). The van der Waals surface area contributed by atoms with Crippen LogP contribution in [-0.4, -0.2) is 11.5 Å². The molecule has 0 aliphatic rings. The smallest absolute Gasteiger partial charge is 0.138 e. The van der Waals surface area contributed by atoms with E-state index in [-0.39, 0.29) is 0 Å². The van der Waals surface area contributed by atoms with Crippen molar-refractivity contribution in [2.75, 3.05) is 6.54 Å². The molecule has 0 aliphatic heterocycles. The first-order chi connectivity index (χ1) is 10.1. The van der Waals surface area contributed by atoms with Crippen molar-refractivity contribution in [3.8, 4) is 5.75 Å². The number of aromatic nitrogens is 1. The number of nitrogens with zero attached hydrogens (tertiary/aromatic N) is 1. The molecule has 0 spiro atoms. The molecule has 4 heteroatoms. The van der Waals surface area contributed by atoms with Crippen LogP contribution in [0.5, 0.6) is 5.75 Å². The predicted molar refractivity (Wildman–Crippen MR) is 86.6 cm³/mol. The number of hydrogen-bond donors (Lipinski definition) is 1. The first-order valence-electron chi connectivity index (χ1n) is 7.17. The maximum absolute atomic E-state index is 6.09. The van der Waals surface area contributed by atoms with E-state index in [1.165, 1.54) is 0 Å². The zero-order chi connectivity index (χ0) is 15.1. The van der Waals surface area contributed by atoms with Gasteiger partial charge >= 0.3 is 0 Å². The molecule has 3 nitrogen and oxygen atoms in total. The van der Waals surface area contributed by atoms with Crippen LogP contribution in [-0.2, 0) is 13.2 Å². The summed E-state index contributed by atoms with van der Waals surface area (Å²) in [7, 11) is 0. The van der Waals surface area contributed by atoms with Gasteiger partial charge in [0.1, 0.15) is 12.4 Å². The van der Waals surface area contributed by atoms with Gasteiger partial charge in [-0.05, 0) is 30.7 Å². The van der Waals surface area contributed by atoms with Crippen molar-refractivity contribution in [2.24, 2.45) is 5.92 Å². The third-order valence-electron chi connectivity index (χ3n) is 3.01. The highest BCUT2D eigenvalue weighted by Crippen LogP contribution is 2.18. The second kappa shape index (κ2) is 8.01. The fourth-order valence-corrected chi connectivity index (χ4v) is 2.06. The molecular weight excluding hydrogens is 284 g/mol. The highest BCUT2D eigenvalue weighted by molar-refractivity contribution is 6.31. The van der Waals surface area contributed by atoms with Crippen LogP contribution in [0.3, 0.4) is 0 Å². The molecule has 1 aromatic carbocycles. The van der Waals surface area contributed by atoms with Crippen LogP contribution in [0.15, 0.2) is 42.6 Å². The zero-order valence-corrected chi connectivity index (χ0v) is 13.2. The van der Waals surface area contributed by atoms with E-state index in [9.17, 15) is 0 Å². The van der Waals surface area contributed by atoms with Crippen LogP contribution in [0.25, 0.3) is 0 Å². The summed E-state index contributed by atoms with van der Waals surface area (Å²) in [5.41, 5.74) is 1.99. The van der Waals surface area contributed by atoms with E-state index in [0.717, 1.165) is 35.1 Å². The molecule has 0 atom stereocenters. The summed E-state index contributed by atoms with van der Waals surface area (Å²) in [5.74, 6) is 1.39. The lowest BCUT2D eigenvalue weighted by Gasteiger charge is -2.09. The maximum atomic E-state index is 6.09. The lowest BCUT2D eigenvalue weighted by molar-refractivity contribution is 0.305. The molecule has 0 fully saturated rings. The molecule has 0 aliphatic carbocycles. The van der Waals surface area contributed by atoms with Gasteiger partial charge in [0, 0.05) is 17.1 Å². The Morgan fingerprint density at radius 3 is 2.67 bits per heavy atom. The van der Waals surface area contributed by atoms with Gasteiger partial charge in [0.25, 0.3) is 0 Å². The highest BCUT2D eigenvalue weighted by Gasteiger charge is 2.02. The second-order valence-electron chi connectivity index (χ2n) is 5.39. The van der Waals surface area contributed by atoms with Crippen molar-refractivity contribution in [1.29, 1.82) is 0 Å². The Morgan fingerprint density at radius 2 is 2.00 bits per heavy atom. The van der Waals surface area contributed by atoms with E-state index in [4.69, 9.17) is 16.3 Å². The average molecular weight is 305 g/mol. The van der Waals surface area contributed by atoms with Crippen LogP contribution >= 0.6 is 11.6 Å². The van der Waals surface area contributed by atoms with Gasteiger partial charge in [-0.2, -0.15) is 0 Å². The number of benzene rings is 1. The Labute approximate surface area is 131 Å². The Hall–Kier alpha value is -1.58. The number of nitrogens with one attached hydrogen (secondary N) is 1. The van der Waals surface area contributed by atoms with Gasteiger partial charge in [-0.1, -0.05) is 43.6 Å². The summed E-state index contributed by atoms with van der Waals surface area (Å²) >= 11 is 6.09. The van der Waals surface area contributed by atoms with Crippen molar-refractivity contribution in [3.05, 3.63) is 58.9 Å². The standard InChI is InChI=1S/C17H21ClN2O/c1-13(2)9-19-10-15-7-8-16(11-20-15)21-12-14-5-3-4-6-17(14)18/h3-8,11,13,19H,9-10,12H2,1-2H3. The third-order valence-corrected chi connectivity index (χ3v) is 3.38.